The zero-order chi connectivity index (χ0) is 19.9. The molecule has 0 aromatic carbocycles. The Bertz CT molecular complexity index is 580. The molecule has 0 aromatic heterocycles. The lowest BCUT2D eigenvalue weighted by molar-refractivity contribution is -0.394. The van der Waals surface area contributed by atoms with Crippen LogP contribution in [0.15, 0.2) is 0 Å². The molecule has 0 amide bonds. The normalized spacial score (nSPS) is 35.1. The summed E-state index contributed by atoms with van der Waals surface area (Å²) in [4.78, 5) is 35.8. The molecule has 0 saturated carbocycles. The summed E-state index contributed by atoms with van der Waals surface area (Å²) in [5.41, 5.74) is -1.06. The van der Waals surface area contributed by atoms with Crippen LogP contribution < -0.4 is 0 Å². The summed E-state index contributed by atoms with van der Waals surface area (Å²) in [5.74, 6) is -2.30. The maximum absolute atomic E-state index is 11.9. The van der Waals surface area contributed by atoms with Crippen molar-refractivity contribution in [2.45, 2.75) is 63.3 Å². The summed E-state index contributed by atoms with van der Waals surface area (Å²) in [6.45, 7) is 4.39. The molecule has 3 aliphatic rings. The summed E-state index contributed by atoms with van der Waals surface area (Å²) < 4.78 is 39.2. The average molecular weight is 404 g/mol. The maximum Gasteiger partial charge on any atom is 0.742 e. The summed E-state index contributed by atoms with van der Waals surface area (Å²) >= 11 is 0. The van der Waals surface area contributed by atoms with E-state index in [-0.39, 0.29) is 12.5 Å². The molecule has 0 aromatic rings. The van der Waals surface area contributed by atoms with Crippen molar-refractivity contribution >= 4 is 26.7 Å². The molecule has 3 rings (SSSR count). The Morgan fingerprint density at radius 2 is 1.48 bits per heavy atom. The van der Waals surface area contributed by atoms with Crippen LogP contribution in [0.2, 0.25) is 0 Å². The number of hydrogen-bond donors (Lipinski definition) is 0. The first-order valence-corrected chi connectivity index (χ1v) is 10.5. The van der Waals surface area contributed by atoms with Crippen molar-refractivity contribution in [3.8, 4) is 0 Å². The van der Waals surface area contributed by atoms with Crippen molar-refractivity contribution in [1.82, 2.24) is 0 Å². The molecular formula is C16H24O10Si. The standard InChI is InChI=1S/C16H24O10Si/c1-10(17)24-27(25-11(2)18,26-12(3)19)16(9-14(20-4)23-16)15(6-8-22-15)13-5-7-21-13/h13-14H,5-9H2,1-4H3. The maximum atomic E-state index is 11.9. The van der Waals surface area contributed by atoms with E-state index in [1.807, 2.05) is 0 Å². The second-order valence-electron chi connectivity index (χ2n) is 6.79. The summed E-state index contributed by atoms with van der Waals surface area (Å²) in [6, 6.07) is 0. The van der Waals surface area contributed by atoms with Crippen molar-refractivity contribution in [2.24, 2.45) is 0 Å². The second-order valence-corrected chi connectivity index (χ2v) is 9.32. The number of carbonyl (C=O) groups excluding carboxylic acids is 3. The minimum Gasteiger partial charge on any atom is -0.454 e. The number of rotatable bonds is 7. The van der Waals surface area contributed by atoms with E-state index in [9.17, 15) is 14.4 Å². The lowest BCUT2D eigenvalue weighted by Crippen LogP contribution is -2.87. The van der Waals surface area contributed by atoms with Gasteiger partial charge in [0.1, 0.15) is 5.60 Å². The van der Waals surface area contributed by atoms with Gasteiger partial charge in [-0.15, -0.1) is 0 Å². The first-order valence-electron chi connectivity index (χ1n) is 8.75. The lowest BCUT2D eigenvalue weighted by Gasteiger charge is -2.65. The molecule has 0 N–H and O–H groups in total. The van der Waals surface area contributed by atoms with Crippen LogP contribution in [0, 0.1) is 0 Å². The fourth-order valence-electron chi connectivity index (χ4n) is 3.95. The van der Waals surface area contributed by atoms with Crippen molar-refractivity contribution < 1.29 is 46.6 Å². The van der Waals surface area contributed by atoms with E-state index in [0.29, 0.717) is 26.1 Å². The van der Waals surface area contributed by atoms with E-state index in [2.05, 4.69) is 0 Å². The van der Waals surface area contributed by atoms with Crippen molar-refractivity contribution in [3.63, 3.8) is 0 Å². The van der Waals surface area contributed by atoms with Crippen LogP contribution in [0.3, 0.4) is 0 Å². The summed E-state index contributed by atoms with van der Waals surface area (Å²) in [7, 11) is -2.96. The van der Waals surface area contributed by atoms with E-state index in [0.717, 1.165) is 20.8 Å². The van der Waals surface area contributed by atoms with E-state index in [1.165, 1.54) is 7.11 Å². The number of methoxy groups -OCH3 is 1. The molecule has 0 radical (unpaired) electrons. The Morgan fingerprint density at radius 3 is 1.74 bits per heavy atom. The van der Waals surface area contributed by atoms with Gasteiger partial charge in [-0.2, -0.15) is 0 Å². The topological polar surface area (TPSA) is 116 Å². The molecule has 0 bridgehead atoms. The number of carbonyl (C=O) groups is 3. The van der Waals surface area contributed by atoms with Crippen LogP contribution in [-0.4, -0.2) is 70.3 Å². The van der Waals surface area contributed by atoms with Crippen LogP contribution in [-0.2, 0) is 46.6 Å². The van der Waals surface area contributed by atoms with Gasteiger partial charge in [0.05, 0.1) is 12.7 Å². The first kappa shape index (κ1) is 20.2. The molecule has 3 aliphatic heterocycles. The van der Waals surface area contributed by atoms with Gasteiger partial charge < -0.3 is 32.2 Å². The smallest absolute Gasteiger partial charge is 0.454 e. The Kier molecular flexibility index (Phi) is 5.34. The quantitative estimate of drug-likeness (QED) is 0.546. The SMILES string of the molecule is COC1CC(C2(C3CCO3)CCO2)([Si](OC(C)=O)(OC(C)=O)OC(C)=O)O1. The molecule has 152 valence electrons. The second kappa shape index (κ2) is 7.13. The van der Waals surface area contributed by atoms with E-state index >= 15 is 0 Å². The van der Waals surface area contributed by atoms with Crippen LogP contribution >= 0.6 is 0 Å². The molecule has 3 fully saturated rings. The van der Waals surface area contributed by atoms with Gasteiger partial charge in [0.25, 0.3) is 17.9 Å². The fourth-order valence-corrected chi connectivity index (χ4v) is 7.27. The highest BCUT2D eigenvalue weighted by Gasteiger charge is 2.87. The van der Waals surface area contributed by atoms with Gasteiger partial charge in [-0.05, 0) is 6.42 Å². The zero-order valence-corrected chi connectivity index (χ0v) is 16.8. The molecule has 4 unspecified atom stereocenters. The highest BCUT2D eigenvalue weighted by molar-refractivity contribution is 6.69. The third-order valence-electron chi connectivity index (χ3n) is 5.11. The van der Waals surface area contributed by atoms with E-state index in [1.54, 1.807) is 0 Å². The Morgan fingerprint density at radius 1 is 1.00 bits per heavy atom. The third kappa shape index (κ3) is 3.07. The largest absolute Gasteiger partial charge is 0.742 e. The molecule has 10 nitrogen and oxygen atoms in total. The van der Waals surface area contributed by atoms with E-state index < -0.39 is 43.8 Å². The van der Waals surface area contributed by atoms with Gasteiger partial charge in [0.2, 0.25) is 5.22 Å². The molecule has 27 heavy (non-hydrogen) atoms. The van der Waals surface area contributed by atoms with Gasteiger partial charge in [-0.1, -0.05) is 0 Å². The van der Waals surface area contributed by atoms with Crippen LogP contribution in [0.25, 0.3) is 0 Å². The van der Waals surface area contributed by atoms with Crippen molar-refractivity contribution in [3.05, 3.63) is 0 Å². The van der Waals surface area contributed by atoms with Gasteiger partial charge in [0.15, 0.2) is 6.29 Å². The molecule has 3 saturated heterocycles. The van der Waals surface area contributed by atoms with Gasteiger partial charge in [-0.25, -0.2) is 0 Å². The monoisotopic (exact) mass is 404 g/mol. The molecular weight excluding hydrogens is 380 g/mol. The summed E-state index contributed by atoms with van der Waals surface area (Å²) in [5, 5.41) is -1.49. The zero-order valence-electron chi connectivity index (χ0n) is 15.8. The van der Waals surface area contributed by atoms with Crippen molar-refractivity contribution in [2.75, 3.05) is 20.3 Å². The highest BCUT2D eigenvalue weighted by Crippen LogP contribution is 2.58. The molecule has 3 heterocycles. The van der Waals surface area contributed by atoms with E-state index in [4.69, 9.17) is 32.2 Å². The lowest BCUT2D eigenvalue weighted by atomic mass is 9.75. The fraction of sp³-hybridized carbons (Fsp3) is 0.812. The summed E-state index contributed by atoms with van der Waals surface area (Å²) in [6.07, 6.45) is 0.334. The number of ether oxygens (including phenoxy) is 4. The minimum absolute atomic E-state index is 0.156. The Labute approximate surface area is 157 Å². The predicted molar refractivity (Wildman–Crippen MR) is 87.9 cm³/mol. The molecule has 11 heteroatoms. The molecule has 0 spiro atoms. The van der Waals surface area contributed by atoms with Gasteiger partial charge >= 0.3 is 8.80 Å². The van der Waals surface area contributed by atoms with Crippen LogP contribution in [0.4, 0.5) is 0 Å². The van der Waals surface area contributed by atoms with Crippen LogP contribution in [0.5, 0.6) is 0 Å². The Balaban J connectivity index is 2.11. The van der Waals surface area contributed by atoms with Gasteiger partial charge in [0, 0.05) is 47.3 Å². The highest BCUT2D eigenvalue weighted by atomic mass is 28.4. The molecule has 0 aliphatic carbocycles. The van der Waals surface area contributed by atoms with Gasteiger partial charge in [-0.3, -0.25) is 14.4 Å². The predicted octanol–water partition coefficient (Wildman–Crippen LogP) is 0.233. The average Bonchev–Trinajstić information content (AvgIpc) is 2.38. The first-order chi connectivity index (χ1) is 12.7. The molecule has 4 atom stereocenters. The third-order valence-corrected chi connectivity index (χ3v) is 8.52. The van der Waals surface area contributed by atoms with Crippen LogP contribution in [0.1, 0.15) is 40.0 Å². The minimum atomic E-state index is -4.42. The van der Waals surface area contributed by atoms with Crippen molar-refractivity contribution in [1.29, 1.82) is 0 Å². The Hall–Kier alpha value is -1.53. The number of hydrogen-bond acceptors (Lipinski definition) is 10.